The average Bonchev–Trinajstić information content (AvgIpc) is 3.19. The second kappa shape index (κ2) is 7.83. The summed E-state index contributed by atoms with van der Waals surface area (Å²) in [4.78, 5) is 32.8. The fourth-order valence-electron chi connectivity index (χ4n) is 3.27. The second-order valence-electron chi connectivity index (χ2n) is 6.82. The lowest BCUT2D eigenvalue weighted by atomic mass is 10.1. The molecule has 1 aliphatic heterocycles. The van der Waals surface area contributed by atoms with E-state index in [4.69, 9.17) is 4.52 Å². The van der Waals surface area contributed by atoms with Crippen molar-refractivity contribution in [2.45, 2.75) is 6.92 Å². The van der Waals surface area contributed by atoms with E-state index in [0.717, 1.165) is 5.56 Å². The molecule has 2 amide bonds. The summed E-state index contributed by atoms with van der Waals surface area (Å²) in [5.41, 5.74) is 1.61. The van der Waals surface area contributed by atoms with Crippen molar-refractivity contribution in [2.24, 2.45) is 0 Å². The van der Waals surface area contributed by atoms with Crippen LogP contribution in [0.25, 0.3) is 11.5 Å². The zero-order valence-electron chi connectivity index (χ0n) is 15.8. The first kappa shape index (κ1) is 18.8. The predicted octanol–water partition coefficient (Wildman–Crippen LogP) is 2.78. The normalized spacial score (nSPS) is 14.1. The van der Waals surface area contributed by atoms with Crippen molar-refractivity contribution in [3.8, 4) is 11.5 Å². The quantitative estimate of drug-likeness (QED) is 0.683. The van der Waals surface area contributed by atoms with Gasteiger partial charge in [0.2, 0.25) is 0 Å². The van der Waals surface area contributed by atoms with Gasteiger partial charge in [0.15, 0.2) is 5.82 Å². The number of hydrogen-bond acceptors (Lipinski definition) is 5. The van der Waals surface area contributed by atoms with Crippen LogP contribution >= 0.6 is 0 Å². The zero-order valence-corrected chi connectivity index (χ0v) is 15.8. The Morgan fingerprint density at radius 3 is 2.10 bits per heavy atom. The Bertz CT molecular complexity index is 1040. The van der Waals surface area contributed by atoms with Crippen LogP contribution < -0.4 is 0 Å². The molecule has 0 bridgehead atoms. The fourth-order valence-corrected chi connectivity index (χ4v) is 3.27. The molecule has 2 aromatic carbocycles. The Morgan fingerprint density at radius 1 is 0.931 bits per heavy atom. The Kier molecular flexibility index (Phi) is 5.07. The Labute approximate surface area is 166 Å². The number of aryl methyl sites for hydroxylation is 1. The fraction of sp³-hybridized carbons (Fsp3) is 0.238. The van der Waals surface area contributed by atoms with Crippen molar-refractivity contribution >= 4 is 11.8 Å². The van der Waals surface area contributed by atoms with Crippen LogP contribution in [0.5, 0.6) is 0 Å². The number of piperazine rings is 1. The number of amides is 2. The molecule has 1 saturated heterocycles. The first-order valence-corrected chi connectivity index (χ1v) is 9.26. The van der Waals surface area contributed by atoms with Crippen LogP contribution in [0.2, 0.25) is 0 Å². The number of rotatable bonds is 3. The number of halogens is 1. The van der Waals surface area contributed by atoms with E-state index < -0.39 is 5.82 Å². The molecule has 29 heavy (non-hydrogen) atoms. The van der Waals surface area contributed by atoms with Crippen molar-refractivity contribution in [1.82, 2.24) is 19.9 Å². The molecule has 0 atom stereocenters. The van der Waals surface area contributed by atoms with Gasteiger partial charge in [0.05, 0.1) is 0 Å². The van der Waals surface area contributed by atoms with E-state index in [2.05, 4.69) is 10.1 Å². The number of carbonyl (C=O) groups excluding carboxylic acids is 2. The summed E-state index contributed by atoms with van der Waals surface area (Å²) in [6, 6.07) is 12.6. The molecule has 1 fully saturated rings. The molecule has 148 valence electrons. The maximum Gasteiger partial charge on any atom is 0.257 e. The van der Waals surface area contributed by atoms with Crippen molar-refractivity contribution in [3.05, 3.63) is 71.3 Å². The van der Waals surface area contributed by atoms with E-state index in [1.807, 2.05) is 0 Å². The molecule has 7 nitrogen and oxygen atoms in total. The summed E-state index contributed by atoms with van der Waals surface area (Å²) in [7, 11) is 0. The third kappa shape index (κ3) is 4.01. The summed E-state index contributed by atoms with van der Waals surface area (Å²) < 4.78 is 18.5. The number of hydrogen-bond donors (Lipinski definition) is 0. The van der Waals surface area contributed by atoms with Gasteiger partial charge in [-0.25, -0.2) is 4.39 Å². The minimum atomic E-state index is -0.441. The standard InChI is InChI=1S/C21H19FN4O3/c1-14-23-19(29-24-14)15-5-7-16(8-6-15)20(27)25-9-11-26(12-10-25)21(28)17-3-2-4-18(22)13-17/h2-8,13H,9-12H2,1H3. The smallest absolute Gasteiger partial charge is 0.257 e. The second-order valence-corrected chi connectivity index (χ2v) is 6.82. The first-order chi connectivity index (χ1) is 14.0. The molecule has 8 heteroatoms. The molecular weight excluding hydrogens is 375 g/mol. The van der Waals surface area contributed by atoms with E-state index in [1.54, 1.807) is 47.1 Å². The summed E-state index contributed by atoms with van der Waals surface area (Å²) in [6.45, 7) is 3.39. The minimum Gasteiger partial charge on any atom is -0.335 e. The third-order valence-electron chi connectivity index (χ3n) is 4.83. The van der Waals surface area contributed by atoms with Crippen molar-refractivity contribution in [1.29, 1.82) is 0 Å². The van der Waals surface area contributed by atoms with Crippen LogP contribution in [-0.4, -0.2) is 57.9 Å². The van der Waals surface area contributed by atoms with Gasteiger partial charge in [-0.3, -0.25) is 9.59 Å². The zero-order chi connectivity index (χ0) is 20.4. The van der Waals surface area contributed by atoms with Gasteiger partial charge >= 0.3 is 0 Å². The van der Waals surface area contributed by atoms with E-state index in [1.165, 1.54) is 18.2 Å². The highest BCUT2D eigenvalue weighted by atomic mass is 19.1. The van der Waals surface area contributed by atoms with E-state index in [-0.39, 0.29) is 11.8 Å². The predicted molar refractivity (Wildman–Crippen MR) is 103 cm³/mol. The molecule has 3 aromatic rings. The van der Waals surface area contributed by atoms with Gasteiger partial charge in [-0.15, -0.1) is 0 Å². The lowest BCUT2D eigenvalue weighted by molar-refractivity contribution is 0.0535. The molecule has 1 aromatic heterocycles. The van der Waals surface area contributed by atoms with Crippen LogP contribution in [0, 0.1) is 12.7 Å². The van der Waals surface area contributed by atoms with Gasteiger partial charge in [-0.05, 0) is 49.4 Å². The van der Waals surface area contributed by atoms with Gasteiger partial charge in [0, 0.05) is 42.9 Å². The molecule has 1 aliphatic rings. The van der Waals surface area contributed by atoms with E-state index in [0.29, 0.717) is 49.0 Å². The molecular formula is C21H19FN4O3. The van der Waals surface area contributed by atoms with Gasteiger partial charge in [-0.1, -0.05) is 11.2 Å². The molecule has 0 saturated carbocycles. The monoisotopic (exact) mass is 394 g/mol. The van der Waals surface area contributed by atoms with Crippen molar-refractivity contribution in [3.63, 3.8) is 0 Å². The Balaban J connectivity index is 1.38. The van der Waals surface area contributed by atoms with Crippen LogP contribution in [0.15, 0.2) is 53.1 Å². The van der Waals surface area contributed by atoms with Crippen LogP contribution in [0.1, 0.15) is 26.5 Å². The maximum atomic E-state index is 13.4. The molecule has 4 rings (SSSR count). The largest absolute Gasteiger partial charge is 0.335 e. The number of carbonyl (C=O) groups is 2. The van der Waals surface area contributed by atoms with Gasteiger partial charge in [-0.2, -0.15) is 4.98 Å². The average molecular weight is 394 g/mol. The number of nitrogens with zero attached hydrogens (tertiary/aromatic N) is 4. The van der Waals surface area contributed by atoms with Crippen molar-refractivity contribution < 1.29 is 18.5 Å². The summed E-state index contributed by atoms with van der Waals surface area (Å²) >= 11 is 0. The number of benzene rings is 2. The minimum absolute atomic E-state index is 0.101. The SMILES string of the molecule is Cc1noc(-c2ccc(C(=O)N3CCN(C(=O)c4cccc(F)c4)CC3)cc2)n1. The molecule has 0 spiro atoms. The highest BCUT2D eigenvalue weighted by Gasteiger charge is 2.25. The summed E-state index contributed by atoms with van der Waals surface area (Å²) in [5.74, 6) is 0.188. The molecule has 0 aliphatic carbocycles. The Morgan fingerprint density at radius 2 is 1.55 bits per heavy atom. The van der Waals surface area contributed by atoms with Crippen LogP contribution in [0.3, 0.4) is 0 Å². The van der Waals surface area contributed by atoms with E-state index >= 15 is 0 Å². The van der Waals surface area contributed by atoms with Gasteiger partial charge in [0.25, 0.3) is 17.7 Å². The van der Waals surface area contributed by atoms with Crippen LogP contribution in [-0.2, 0) is 0 Å². The third-order valence-corrected chi connectivity index (χ3v) is 4.83. The Hall–Kier alpha value is -3.55. The van der Waals surface area contributed by atoms with Gasteiger partial charge < -0.3 is 14.3 Å². The van der Waals surface area contributed by atoms with E-state index in [9.17, 15) is 14.0 Å². The number of aromatic nitrogens is 2. The summed E-state index contributed by atoms with van der Waals surface area (Å²) in [6.07, 6.45) is 0. The maximum absolute atomic E-state index is 13.4. The van der Waals surface area contributed by atoms with Crippen molar-refractivity contribution in [2.75, 3.05) is 26.2 Å². The van der Waals surface area contributed by atoms with Crippen LogP contribution in [0.4, 0.5) is 4.39 Å². The topological polar surface area (TPSA) is 79.5 Å². The lowest BCUT2D eigenvalue weighted by Crippen LogP contribution is -2.50. The highest BCUT2D eigenvalue weighted by molar-refractivity contribution is 5.96. The molecule has 0 N–H and O–H groups in total. The molecule has 2 heterocycles. The van der Waals surface area contributed by atoms with Gasteiger partial charge in [0.1, 0.15) is 5.82 Å². The molecule has 0 radical (unpaired) electrons. The first-order valence-electron chi connectivity index (χ1n) is 9.26. The summed E-state index contributed by atoms with van der Waals surface area (Å²) in [5, 5.41) is 3.76. The molecule has 0 unspecified atom stereocenters. The lowest BCUT2D eigenvalue weighted by Gasteiger charge is -2.35. The highest BCUT2D eigenvalue weighted by Crippen LogP contribution is 2.19.